The first kappa shape index (κ1) is 21.8. The fourth-order valence-corrected chi connectivity index (χ4v) is 2.81. The van der Waals surface area contributed by atoms with Gasteiger partial charge in [0.1, 0.15) is 0 Å². The van der Waals surface area contributed by atoms with Crippen LogP contribution in [0.4, 0.5) is 13.2 Å². The Balaban J connectivity index is 2.36. The van der Waals surface area contributed by atoms with Gasteiger partial charge < -0.3 is 0 Å². The van der Waals surface area contributed by atoms with E-state index in [1.807, 2.05) is 0 Å². The van der Waals surface area contributed by atoms with E-state index in [0.717, 1.165) is 29.3 Å². The van der Waals surface area contributed by atoms with Crippen LogP contribution in [0.1, 0.15) is 47.1 Å². The molecular weight excluding hydrogens is 393 g/mol. The Labute approximate surface area is 166 Å². The average Bonchev–Trinajstić information content (AvgIpc) is 2.60. The Morgan fingerprint density at radius 1 is 0.821 bits per heavy atom. The van der Waals surface area contributed by atoms with Gasteiger partial charge in [0.05, 0.1) is 11.1 Å². The number of amides is 2. The van der Waals surface area contributed by atoms with Crippen LogP contribution < -0.4 is 0 Å². The van der Waals surface area contributed by atoms with E-state index in [4.69, 9.17) is 11.6 Å². The molecule has 0 aliphatic rings. The summed E-state index contributed by atoms with van der Waals surface area (Å²) in [4.78, 5) is 25.8. The molecule has 0 saturated carbocycles. The summed E-state index contributed by atoms with van der Waals surface area (Å²) in [5.41, 5.74) is -1.30. The van der Waals surface area contributed by atoms with Gasteiger partial charge >= 0.3 is 6.18 Å². The van der Waals surface area contributed by atoms with E-state index in [9.17, 15) is 22.8 Å². The smallest absolute Gasteiger partial charge is 0.267 e. The predicted molar refractivity (Wildman–Crippen MR) is 101 cm³/mol. The molecule has 0 aromatic heterocycles. The molecule has 0 N–H and O–H groups in total. The van der Waals surface area contributed by atoms with Crippen LogP contribution in [0.25, 0.3) is 0 Å². The second-order valence-corrected chi connectivity index (χ2v) is 7.63. The number of hydrogen-bond donors (Lipinski definition) is 0. The molecule has 0 spiro atoms. The number of halogens is 4. The highest BCUT2D eigenvalue weighted by Gasteiger charge is 2.35. The summed E-state index contributed by atoms with van der Waals surface area (Å²) in [5, 5.41) is 2.84. The van der Waals surface area contributed by atoms with Crippen molar-refractivity contribution in [2.45, 2.75) is 32.5 Å². The van der Waals surface area contributed by atoms with Gasteiger partial charge in [0.2, 0.25) is 0 Å². The third-order valence-electron chi connectivity index (χ3n) is 3.97. The van der Waals surface area contributed by atoms with E-state index in [2.05, 4.69) is 0 Å². The van der Waals surface area contributed by atoms with E-state index in [1.165, 1.54) is 24.2 Å². The fourth-order valence-electron chi connectivity index (χ4n) is 2.69. The van der Waals surface area contributed by atoms with Crippen LogP contribution in [0.3, 0.4) is 0 Å². The molecule has 0 bridgehead atoms. The van der Waals surface area contributed by atoms with Crippen LogP contribution in [0.5, 0.6) is 0 Å². The second-order valence-electron chi connectivity index (χ2n) is 7.20. The highest BCUT2D eigenvalue weighted by molar-refractivity contribution is 6.30. The summed E-state index contributed by atoms with van der Waals surface area (Å²) in [6, 6.07) is 10.1. The van der Waals surface area contributed by atoms with Crippen molar-refractivity contribution in [1.82, 2.24) is 10.0 Å². The van der Waals surface area contributed by atoms with Crippen molar-refractivity contribution in [2.24, 2.45) is 0 Å². The Morgan fingerprint density at radius 3 is 1.68 bits per heavy atom. The van der Waals surface area contributed by atoms with Crippen LogP contribution >= 0.6 is 11.6 Å². The van der Waals surface area contributed by atoms with Crippen LogP contribution in [0, 0.1) is 0 Å². The van der Waals surface area contributed by atoms with Crippen molar-refractivity contribution in [3.05, 3.63) is 70.2 Å². The molecule has 8 heteroatoms. The lowest BCUT2D eigenvalue weighted by molar-refractivity contribution is -0.137. The number of benzene rings is 2. The van der Waals surface area contributed by atoms with Gasteiger partial charge in [-0.1, -0.05) is 11.6 Å². The maximum atomic E-state index is 13.0. The zero-order valence-corrected chi connectivity index (χ0v) is 16.6. The molecule has 0 fully saturated rings. The minimum absolute atomic E-state index is 0.0404. The normalized spacial score (nSPS) is 11.9. The monoisotopic (exact) mass is 412 g/mol. The van der Waals surface area contributed by atoms with Crippen molar-refractivity contribution < 1.29 is 22.8 Å². The first-order valence-corrected chi connectivity index (χ1v) is 8.75. The van der Waals surface area contributed by atoms with Gasteiger partial charge in [-0.05, 0) is 69.3 Å². The van der Waals surface area contributed by atoms with Gasteiger partial charge in [0.15, 0.2) is 0 Å². The van der Waals surface area contributed by atoms with Gasteiger partial charge in [-0.2, -0.15) is 13.2 Å². The molecule has 0 atom stereocenters. The van der Waals surface area contributed by atoms with Gasteiger partial charge in [-0.15, -0.1) is 0 Å². The quantitative estimate of drug-likeness (QED) is 0.629. The number of rotatable bonds is 2. The minimum atomic E-state index is -4.49. The Bertz CT molecular complexity index is 857. The summed E-state index contributed by atoms with van der Waals surface area (Å²) >= 11 is 5.84. The Hall–Kier alpha value is -2.54. The number of hydrogen-bond acceptors (Lipinski definition) is 2. The molecule has 2 amide bonds. The molecule has 28 heavy (non-hydrogen) atoms. The summed E-state index contributed by atoms with van der Waals surface area (Å²) < 4.78 is 38.3. The topological polar surface area (TPSA) is 40.6 Å². The van der Waals surface area contributed by atoms with Gasteiger partial charge in [0, 0.05) is 23.2 Å². The Morgan fingerprint density at radius 2 is 1.25 bits per heavy atom. The van der Waals surface area contributed by atoms with Crippen LogP contribution in [-0.2, 0) is 6.18 Å². The van der Waals surface area contributed by atoms with Crippen molar-refractivity contribution in [2.75, 3.05) is 7.05 Å². The predicted octanol–water partition coefficient (Wildman–Crippen LogP) is 5.29. The van der Waals surface area contributed by atoms with E-state index < -0.39 is 29.1 Å². The third kappa shape index (κ3) is 4.84. The number of hydrazine groups is 1. The minimum Gasteiger partial charge on any atom is -0.267 e. The zero-order valence-electron chi connectivity index (χ0n) is 15.8. The van der Waals surface area contributed by atoms with E-state index >= 15 is 0 Å². The maximum Gasteiger partial charge on any atom is 0.416 e. The van der Waals surface area contributed by atoms with Crippen LogP contribution in [0.15, 0.2) is 48.5 Å². The molecule has 2 aromatic rings. The lowest BCUT2D eigenvalue weighted by Gasteiger charge is -2.41. The molecular formula is C20H20ClF3N2O2. The van der Waals surface area contributed by atoms with Crippen molar-refractivity contribution in [3.8, 4) is 0 Å². The first-order valence-electron chi connectivity index (χ1n) is 8.37. The third-order valence-corrected chi connectivity index (χ3v) is 4.22. The summed E-state index contributed by atoms with van der Waals surface area (Å²) in [6.45, 7) is 5.17. The van der Waals surface area contributed by atoms with Crippen molar-refractivity contribution >= 4 is 23.4 Å². The Kier molecular flexibility index (Phi) is 6.09. The lowest BCUT2D eigenvalue weighted by atomic mass is 10.0. The molecule has 0 radical (unpaired) electrons. The molecule has 2 aromatic carbocycles. The van der Waals surface area contributed by atoms with E-state index in [1.54, 1.807) is 32.9 Å². The summed E-state index contributed by atoms with van der Waals surface area (Å²) in [6.07, 6.45) is -4.49. The molecule has 0 saturated heterocycles. The number of nitrogens with zero attached hydrogens (tertiary/aromatic N) is 2. The molecule has 4 nitrogen and oxygen atoms in total. The van der Waals surface area contributed by atoms with Crippen LogP contribution in [-0.4, -0.2) is 34.4 Å². The molecule has 150 valence electrons. The number of carbonyl (C=O) groups is 2. The average molecular weight is 413 g/mol. The lowest BCUT2D eigenvalue weighted by Crippen LogP contribution is -2.56. The fraction of sp³-hybridized carbons (Fsp3) is 0.300. The summed E-state index contributed by atoms with van der Waals surface area (Å²) in [5.74, 6) is -1.04. The molecule has 0 aliphatic carbocycles. The molecule has 0 unspecified atom stereocenters. The molecule has 0 aliphatic heterocycles. The van der Waals surface area contributed by atoms with E-state index in [0.29, 0.717) is 10.6 Å². The molecule has 0 heterocycles. The molecule has 2 rings (SSSR count). The van der Waals surface area contributed by atoms with Crippen LogP contribution in [0.2, 0.25) is 5.02 Å². The second kappa shape index (κ2) is 7.83. The van der Waals surface area contributed by atoms with Crippen molar-refractivity contribution in [3.63, 3.8) is 0 Å². The van der Waals surface area contributed by atoms with Gasteiger partial charge in [-0.3, -0.25) is 9.59 Å². The largest absolute Gasteiger partial charge is 0.416 e. The first-order chi connectivity index (χ1) is 12.8. The summed E-state index contributed by atoms with van der Waals surface area (Å²) in [7, 11) is 1.43. The SMILES string of the molecule is CN(C(=O)c1ccc(Cl)cc1)N(C(=O)c1ccc(C(F)(F)F)cc1)C(C)(C)C. The standard InChI is InChI=1S/C20H20ClF3N2O2/c1-19(2,3)26(25(4)17(27)13-7-11-16(21)12-8-13)18(28)14-5-9-15(10-6-14)20(22,23)24/h5-12H,1-4H3. The maximum absolute atomic E-state index is 13.0. The zero-order chi connectivity index (χ0) is 21.3. The van der Waals surface area contributed by atoms with Gasteiger partial charge in [0.25, 0.3) is 11.8 Å². The van der Waals surface area contributed by atoms with Crippen molar-refractivity contribution in [1.29, 1.82) is 0 Å². The number of carbonyl (C=O) groups excluding carboxylic acids is 2. The number of alkyl halides is 3. The highest BCUT2D eigenvalue weighted by atomic mass is 35.5. The van der Waals surface area contributed by atoms with E-state index in [-0.39, 0.29) is 5.56 Å². The van der Waals surface area contributed by atoms with Gasteiger partial charge in [-0.25, -0.2) is 10.0 Å². The highest BCUT2D eigenvalue weighted by Crippen LogP contribution is 2.30.